The van der Waals surface area contributed by atoms with Gasteiger partial charge in [-0.3, -0.25) is 4.79 Å². The lowest BCUT2D eigenvalue weighted by Crippen LogP contribution is -2.11. The number of carbonyl (C=O) groups excluding carboxylic acids is 1. The summed E-state index contributed by atoms with van der Waals surface area (Å²) >= 11 is 1.35. The standard InChI is InChI=1S/C16H19N3O3S2/c1-19-15(9-12-7-8-24(21,22)11-12)17-18-16(19)23-10-14(20)13-5-3-2-4-6-13/h2-6,12H,7-11H2,1H3/t12-/m1/s1. The number of sulfone groups is 1. The van der Waals surface area contributed by atoms with Gasteiger partial charge in [-0.05, 0) is 12.3 Å². The van der Waals surface area contributed by atoms with Crippen molar-refractivity contribution in [1.82, 2.24) is 14.8 Å². The van der Waals surface area contributed by atoms with Crippen molar-refractivity contribution in [3.05, 3.63) is 41.7 Å². The van der Waals surface area contributed by atoms with Gasteiger partial charge in [-0.1, -0.05) is 42.1 Å². The number of aromatic nitrogens is 3. The van der Waals surface area contributed by atoms with Gasteiger partial charge < -0.3 is 4.57 Å². The van der Waals surface area contributed by atoms with Crippen LogP contribution in [0.3, 0.4) is 0 Å². The van der Waals surface area contributed by atoms with Crippen molar-refractivity contribution in [3.8, 4) is 0 Å². The van der Waals surface area contributed by atoms with E-state index in [9.17, 15) is 13.2 Å². The molecule has 1 aliphatic rings. The van der Waals surface area contributed by atoms with E-state index in [4.69, 9.17) is 0 Å². The van der Waals surface area contributed by atoms with Gasteiger partial charge in [0, 0.05) is 19.0 Å². The zero-order chi connectivity index (χ0) is 17.2. The molecule has 1 aromatic heterocycles. The Hall–Kier alpha value is -1.67. The van der Waals surface area contributed by atoms with E-state index in [2.05, 4.69) is 10.2 Å². The molecule has 24 heavy (non-hydrogen) atoms. The minimum atomic E-state index is -2.88. The van der Waals surface area contributed by atoms with Crippen molar-refractivity contribution in [2.75, 3.05) is 17.3 Å². The molecule has 0 aliphatic carbocycles. The van der Waals surface area contributed by atoms with Crippen LogP contribution < -0.4 is 0 Å². The fraction of sp³-hybridized carbons (Fsp3) is 0.438. The van der Waals surface area contributed by atoms with Gasteiger partial charge in [0.1, 0.15) is 5.82 Å². The Morgan fingerprint density at radius 1 is 1.29 bits per heavy atom. The average molecular weight is 365 g/mol. The third-order valence-corrected chi connectivity index (χ3v) is 7.01. The second-order valence-electron chi connectivity index (χ2n) is 6.01. The van der Waals surface area contributed by atoms with E-state index in [-0.39, 0.29) is 23.2 Å². The SMILES string of the molecule is Cn1c(C[C@H]2CCS(=O)(=O)C2)nnc1SCC(=O)c1ccccc1. The number of rotatable bonds is 6. The highest BCUT2D eigenvalue weighted by atomic mass is 32.2. The Labute approximate surface area is 145 Å². The summed E-state index contributed by atoms with van der Waals surface area (Å²) in [5.74, 6) is 1.73. The smallest absolute Gasteiger partial charge is 0.191 e. The maximum absolute atomic E-state index is 12.1. The number of Topliss-reactive ketones (excluding diaryl/α,β-unsaturated/α-hetero) is 1. The summed E-state index contributed by atoms with van der Waals surface area (Å²) in [6, 6.07) is 9.15. The first-order valence-corrected chi connectivity index (χ1v) is 10.5. The van der Waals surface area contributed by atoms with Gasteiger partial charge in [-0.2, -0.15) is 0 Å². The second kappa shape index (κ2) is 7.06. The van der Waals surface area contributed by atoms with E-state index in [0.717, 1.165) is 5.82 Å². The van der Waals surface area contributed by atoms with Crippen LogP contribution in [0.2, 0.25) is 0 Å². The summed E-state index contributed by atoms with van der Waals surface area (Å²) in [5, 5.41) is 8.97. The molecule has 2 aromatic rings. The van der Waals surface area contributed by atoms with Crippen molar-refractivity contribution < 1.29 is 13.2 Å². The molecule has 3 rings (SSSR count). The molecule has 0 unspecified atom stereocenters. The molecule has 0 saturated carbocycles. The lowest BCUT2D eigenvalue weighted by atomic mass is 10.1. The topological polar surface area (TPSA) is 81.9 Å². The molecule has 0 N–H and O–H groups in total. The van der Waals surface area contributed by atoms with Crippen LogP contribution in [0.5, 0.6) is 0 Å². The maximum Gasteiger partial charge on any atom is 0.191 e. The summed E-state index contributed by atoms with van der Waals surface area (Å²) in [6.45, 7) is 0. The van der Waals surface area contributed by atoms with Gasteiger partial charge in [0.25, 0.3) is 0 Å². The molecule has 6 nitrogen and oxygen atoms in total. The predicted octanol–water partition coefficient (Wildman–Crippen LogP) is 1.77. The number of nitrogens with zero attached hydrogens (tertiary/aromatic N) is 3. The number of thioether (sulfide) groups is 1. The van der Waals surface area contributed by atoms with Gasteiger partial charge in [0.05, 0.1) is 17.3 Å². The summed E-state index contributed by atoms with van der Waals surface area (Å²) in [4.78, 5) is 12.1. The molecule has 2 heterocycles. The molecule has 1 aliphatic heterocycles. The molecule has 128 valence electrons. The minimum Gasteiger partial charge on any atom is -0.309 e. The largest absolute Gasteiger partial charge is 0.309 e. The van der Waals surface area contributed by atoms with Crippen LogP contribution in [-0.2, 0) is 23.3 Å². The summed E-state index contributed by atoms with van der Waals surface area (Å²) in [6.07, 6.45) is 1.29. The number of benzene rings is 1. The first-order valence-electron chi connectivity index (χ1n) is 7.74. The van der Waals surface area contributed by atoms with Crippen LogP contribution in [-0.4, -0.2) is 46.2 Å². The van der Waals surface area contributed by atoms with Crippen LogP contribution in [0.1, 0.15) is 22.6 Å². The van der Waals surface area contributed by atoms with Crippen molar-refractivity contribution in [2.24, 2.45) is 13.0 Å². The molecular weight excluding hydrogens is 346 g/mol. The van der Waals surface area contributed by atoms with E-state index < -0.39 is 9.84 Å². The van der Waals surface area contributed by atoms with Crippen molar-refractivity contribution >= 4 is 27.4 Å². The Morgan fingerprint density at radius 2 is 2.04 bits per heavy atom. The Morgan fingerprint density at radius 3 is 2.71 bits per heavy atom. The van der Waals surface area contributed by atoms with Gasteiger partial charge in [0.15, 0.2) is 20.8 Å². The molecule has 8 heteroatoms. The molecule has 1 fully saturated rings. The lowest BCUT2D eigenvalue weighted by Gasteiger charge is -2.07. The number of carbonyl (C=O) groups is 1. The van der Waals surface area contributed by atoms with Crippen LogP contribution in [0, 0.1) is 5.92 Å². The highest BCUT2D eigenvalue weighted by Gasteiger charge is 2.29. The van der Waals surface area contributed by atoms with Crippen LogP contribution in [0.15, 0.2) is 35.5 Å². The van der Waals surface area contributed by atoms with Gasteiger partial charge in [-0.25, -0.2) is 8.42 Å². The molecule has 0 spiro atoms. The van der Waals surface area contributed by atoms with Crippen molar-refractivity contribution in [3.63, 3.8) is 0 Å². The summed E-state index contributed by atoms with van der Waals surface area (Å²) in [5.41, 5.74) is 0.684. The zero-order valence-electron chi connectivity index (χ0n) is 13.4. The Kier molecular flexibility index (Phi) is 5.05. The van der Waals surface area contributed by atoms with Gasteiger partial charge in [0.2, 0.25) is 0 Å². The first-order chi connectivity index (χ1) is 11.4. The molecule has 1 aromatic carbocycles. The summed E-state index contributed by atoms with van der Waals surface area (Å²) in [7, 11) is -1.03. The zero-order valence-corrected chi connectivity index (χ0v) is 15.0. The molecule has 0 radical (unpaired) electrons. The third-order valence-electron chi connectivity index (χ3n) is 4.15. The fourth-order valence-corrected chi connectivity index (χ4v) is 5.46. The Balaban J connectivity index is 1.60. The van der Waals surface area contributed by atoms with E-state index >= 15 is 0 Å². The van der Waals surface area contributed by atoms with Crippen LogP contribution in [0.25, 0.3) is 0 Å². The lowest BCUT2D eigenvalue weighted by molar-refractivity contribution is 0.102. The normalized spacial score (nSPS) is 19.5. The number of ketones is 1. The maximum atomic E-state index is 12.1. The molecule has 1 atom stereocenters. The molecule has 0 amide bonds. The third kappa shape index (κ3) is 4.05. The fourth-order valence-electron chi connectivity index (χ4n) is 2.78. The first kappa shape index (κ1) is 17.2. The Bertz CT molecular complexity index is 832. The average Bonchev–Trinajstić information content (AvgIpc) is 3.09. The number of hydrogen-bond donors (Lipinski definition) is 0. The molecule has 1 saturated heterocycles. The predicted molar refractivity (Wildman–Crippen MR) is 93.0 cm³/mol. The molecule has 0 bridgehead atoms. The second-order valence-corrected chi connectivity index (χ2v) is 9.18. The van der Waals surface area contributed by atoms with Crippen LogP contribution >= 0.6 is 11.8 Å². The van der Waals surface area contributed by atoms with Crippen molar-refractivity contribution in [2.45, 2.75) is 18.0 Å². The monoisotopic (exact) mass is 365 g/mol. The van der Waals surface area contributed by atoms with Crippen molar-refractivity contribution in [1.29, 1.82) is 0 Å². The van der Waals surface area contributed by atoms with E-state index in [0.29, 0.717) is 29.3 Å². The van der Waals surface area contributed by atoms with Gasteiger partial charge in [-0.15, -0.1) is 10.2 Å². The minimum absolute atomic E-state index is 0.0482. The van der Waals surface area contributed by atoms with Crippen LogP contribution in [0.4, 0.5) is 0 Å². The van der Waals surface area contributed by atoms with E-state index in [1.54, 1.807) is 12.1 Å². The number of hydrogen-bond acceptors (Lipinski definition) is 6. The van der Waals surface area contributed by atoms with E-state index in [1.807, 2.05) is 29.8 Å². The highest BCUT2D eigenvalue weighted by molar-refractivity contribution is 7.99. The van der Waals surface area contributed by atoms with E-state index in [1.165, 1.54) is 11.8 Å². The molecular formula is C16H19N3O3S2. The quantitative estimate of drug-likeness (QED) is 0.573. The highest BCUT2D eigenvalue weighted by Crippen LogP contribution is 2.24. The van der Waals surface area contributed by atoms with Gasteiger partial charge >= 0.3 is 0 Å². The summed E-state index contributed by atoms with van der Waals surface area (Å²) < 4.78 is 25.0.